The Kier molecular flexibility index (Phi) is 4.16. The lowest BCUT2D eigenvalue weighted by Gasteiger charge is -2.13. The van der Waals surface area contributed by atoms with Gasteiger partial charge in [-0.2, -0.15) is 0 Å². The molecule has 7 nitrogen and oxygen atoms in total. The number of rotatable bonds is 6. The molecule has 1 saturated carbocycles. The number of ether oxygens (including phenoxy) is 1. The molecule has 1 aliphatic carbocycles. The molecular weight excluding hydrogens is 246 g/mol. The van der Waals surface area contributed by atoms with Crippen LogP contribution in [0.2, 0.25) is 0 Å². The van der Waals surface area contributed by atoms with E-state index in [0.29, 0.717) is 24.2 Å². The van der Waals surface area contributed by atoms with Crippen LogP contribution in [0.1, 0.15) is 37.1 Å². The fourth-order valence-electron chi connectivity index (χ4n) is 1.74. The molecule has 1 aliphatic rings. The highest BCUT2D eigenvalue weighted by molar-refractivity contribution is 5.75. The molecule has 2 rings (SSSR count). The van der Waals surface area contributed by atoms with Gasteiger partial charge >= 0.3 is 5.97 Å². The molecule has 0 aliphatic heterocycles. The molecule has 0 unspecified atom stereocenters. The topological polar surface area (TPSA) is 102 Å². The Morgan fingerprint density at radius 3 is 2.68 bits per heavy atom. The Bertz CT molecular complexity index is 473. The number of aromatic nitrogens is 2. The van der Waals surface area contributed by atoms with E-state index in [-0.39, 0.29) is 12.5 Å². The van der Waals surface area contributed by atoms with E-state index in [1.165, 1.54) is 0 Å². The van der Waals surface area contributed by atoms with Crippen molar-refractivity contribution in [1.82, 2.24) is 9.97 Å². The molecule has 1 aromatic heterocycles. The first-order chi connectivity index (χ1) is 9.15. The maximum absolute atomic E-state index is 11.3. The summed E-state index contributed by atoms with van der Waals surface area (Å²) in [6, 6.07) is 0. The van der Waals surface area contributed by atoms with Crippen LogP contribution in [-0.2, 0) is 9.53 Å². The van der Waals surface area contributed by atoms with Crippen LogP contribution in [0.4, 0.5) is 11.6 Å². The minimum absolute atomic E-state index is 0.0831. The summed E-state index contributed by atoms with van der Waals surface area (Å²) in [6.07, 6.45) is 2.20. The molecule has 1 fully saturated rings. The van der Waals surface area contributed by atoms with Gasteiger partial charge in [0.05, 0.1) is 6.61 Å². The van der Waals surface area contributed by atoms with Crippen molar-refractivity contribution in [2.45, 2.75) is 32.6 Å². The number of hydrogen-bond donors (Lipinski definition) is 3. The van der Waals surface area contributed by atoms with Crippen molar-refractivity contribution in [3.05, 3.63) is 11.4 Å². The standard InChI is InChI=1S/C12H19N5O2/c1-3-19-9(18)6-14-10-7(2)11(17-13)16-12(15-10)8-4-5-8/h8H,3-6,13H2,1-2H3,(H2,14,15,16,17). The van der Waals surface area contributed by atoms with Gasteiger partial charge in [-0.25, -0.2) is 15.8 Å². The summed E-state index contributed by atoms with van der Waals surface area (Å²) >= 11 is 0. The Hall–Kier alpha value is -1.89. The lowest BCUT2D eigenvalue weighted by atomic mass is 10.3. The van der Waals surface area contributed by atoms with Crippen molar-refractivity contribution < 1.29 is 9.53 Å². The van der Waals surface area contributed by atoms with Crippen molar-refractivity contribution in [2.75, 3.05) is 23.9 Å². The van der Waals surface area contributed by atoms with Crippen molar-refractivity contribution >= 4 is 17.6 Å². The number of esters is 1. The van der Waals surface area contributed by atoms with Crippen LogP contribution in [0.5, 0.6) is 0 Å². The highest BCUT2D eigenvalue weighted by Gasteiger charge is 2.28. The van der Waals surface area contributed by atoms with Gasteiger partial charge < -0.3 is 15.5 Å². The molecule has 4 N–H and O–H groups in total. The number of nitrogens with zero attached hydrogens (tertiary/aromatic N) is 2. The number of hydrogen-bond acceptors (Lipinski definition) is 7. The summed E-state index contributed by atoms with van der Waals surface area (Å²) in [5.74, 6) is 7.53. The summed E-state index contributed by atoms with van der Waals surface area (Å²) in [5.41, 5.74) is 3.35. The Balaban J connectivity index is 2.13. The minimum Gasteiger partial charge on any atom is -0.465 e. The molecular formula is C12H19N5O2. The summed E-state index contributed by atoms with van der Waals surface area (Å²) in [6.45, 7) is 4.07. The smallest absolute Gasteiger partial charge is 0.325 e. The van der Waals surface area contributed by atoms with E-state index < -0.39 is 0 Å². The molecule has 0 aromatic carbocycles. The Morgan fingerprint density at radius 2 is 2.11 bits per heavy atom. The maximum Gasteiger partial charge on any atom is 0.325 e. The van der Waals surface area contributed by atoms with Crippen molar-refractivity contribution in [1.29, 1.82) is 0 Å². The van der Waals surface area contributed by atoms with Crippen molar-refractivity contribution in [3.63, 3.8) is 0 Å². The average Bonchev–Trinajstić information content (AvgIpc) is 3.22. The largest absolute Gasteiger partial charge is 0.465 e. The van der Waals surface area contributed by atoms with Gasteiger partial charge in [-0.05, 0) is 26.7 Å². The molecule has 104 valence electrons. The molecule has 0 amide bonds. The number of nitrogen functional groups attached to an aromatic ring is 1. The predicted octanol–water partition coefficient (Wildman–Crippen LogP) is 0.923. The first kappa shape index (κ1) is 13.5. The van der Waals surface area contributed by atoms with E-state index in [2.05, 4.69) is 20.7 Å². The first-order valence-corrected chi connectivity index (χ1v) is 6.40. The summed E-state index contributed by atoms with van der Waals surface area (Å²) in [4.78, 5) is 20.2. The molecule has 1 aromatic rings. The molecule has 7 heteroatoms. The molecule has 0 radical (unpaired) electrons. The van der Waals surface area contributed by atoms with Gasteiger partial charge in [0.2, 0.25) is 0 Å². The first-order valence-electron chi connectivity index (χ1n) is 6.40. The predicted molar refractivity (Wildman–Crippen MR) is 71.7 cm³/mol. The van der Waals surface area contributed by atoms with Crippen molar-refractivity contribution in [3.8, 4) is 0 Å². The fourth-order valence-corrected chi connectivity index (χ4v) is 1.74. The summed E-state index contributed by atoms with van der Waals surface area (Å²) in [7, 11) is 0. The van der Waals surface area contributed by atoms with Crippen LogP contribution in [0.25, 0.3) is 0 Å². The van der Waals surface area contributed by atoms with Crippen LogP contribution in [0.15, 0.2) is 0 Å². The zero-order valence-electron chi connectivity index (χ0n) is 11.2. The number of nitrogens with two attached hydrogens (primary N) is 1. The molecule has 0 spiro atoms. The SMILES string of the molecule is CCOC(=O)CNc1nc(C2CC2)nc(NN)c1C. The van der Waals surface area contributed by atoms with Crippen LogP contribution < -0.4 is 16.6 Å². The third-order valence-electron chi connectivity index (χ3n) is 2.95. The van der Waals surface area contributed by atoms with Gasteiger partial charge in [0.1, 0.15) is 24.0 Å². The second-order valence-corrected chi connectivity index (χ2v) is 4.48. The van der Waals surface area contributed by atoms with Crippen LogP contribution >= 0.6 is 0 Å². The fraction of sp³-hybridized carbons (Fsp3) is 0.583. The molecule has 0 atom stereocenters. The van der Waals surface area contributed by atoms with Crippen LogP contribution in [-0.4, -0.2) is 29.1 Å². The number of carbonyl (C=O) groups excluding carboxylic acids is 1. The normalized spacial score (nSPS) is 14.1. The molecule has 0 saturated heterocycles. The summed E-state index contributed by atoms with van der Waals surface area (Å²) < 4.78 is 4.86. The van der Waals surface area contributed by atoms with E-state index in [1.54, 1.807) is 6.92 Å². The number of nitrogens with one attached hydrogen (secondary N) is 2. The lowest BCUT2D eigenvalue weighted by molar-refractivity contribution is -0.140. The van der Waals surface area contributed by atoms with Crippen LogP contribution in [0, 0.1) is 6.92 Å². The Labute approximate surface area is 111 Å². The van der Waals surface area contributed by atoms with Gasteiger partial charge in [0, 0.05) is 11.5 Å². The second-order valence-electron chi connectivity index (χ2n) is 4.48. The number of carbonyl (C=O) groups is 1. The number of hydrazine groups is 1. The third-order valence-corrected chi connectivity index (χ3v) is 2.95. The molecule has 1 heterocycles. The Morgan fingerprint density at radius 1 is 1.42 bits per heavy atom. The third kappa shape index (κ3) is 3.31. The van der Waals surface area contributed by atoms with E-state index >= 15 is 0 Å². The van der Waals surface area contributed by atoms with Gasteiger partial charge in [0.15, 0.2) is 0 Å². The van der Waals surface area contributed by atoms with Crippen LogP contribution in [0.3, 0.4) is 0 Å². The monoisotopic (exact) mass is 265 g/mol. The zero-order chi connectivity index (χ0) is 13.8. The maximum atomic E-state index is 11.3. The highest BCUT2D eigenvalue weighted by Crippen LogP contribution is 2.39. The van der Waals surface area contributed by atoms with Crippen molar-refractivity contribution in [2.24, 2.45) is 5.84 Å². The molecule has 19 heavy (non-hydrogen) atoms. The highest BCUT2D eigenvalue weighted by atomic mass is 16.5. The lowest BCUT2D eigenvalue weighted by Crippen LogP contribution is -2.20. The minimum atomic E-state index is -0.309. The van der Waals surface area contributed by atoms with Gasteiger partial charge in [-0.3, -0.25) is 4.79 Å². The number of anilines is 2. The van der Waals surface area contributed by atoms with E-state index in [0.717, 1.165) is 24.2 Å². The van der Waals surface area contributed by atoms with Gasteiger partial charge in [-0.1, -0.05) is 0 Å². The van der Waals surface area contributed by atoms with E-state index in [9.17, 15) is 4.79 Å². The molecule has 0 bridgehead atoms. The zero-order valence-corrected chi connectivity index (χ0v) is 11.2. The van der Waals surface area contributed by atoms with E-state index in [4.69, 9.17) is 10.6 Å². The van der Waals surface area contributed by atoms with Gasteiger partial charge in [-0.15, -0.1) is 0 Å². The average molecular weight is 265 g/mol. The van der Waals surface area contributed by atoms with Gasteiger partial charge in [0.25, 0.3) is 0 Å². The second kappa shape index (κ2) is 5.83. The summed E-state index contributed by atoms with van der Waals surface area (Å²) in [5, 5.41) is 2.97. The van der Waals surface area contributed by atoms with E-state index in [1.807, 2.05) is 6.92 Å². The quantitative estimate of drug-likeness (QED) is 0.399.